The van der Waals surface area contributed by atoms with Crippen molar-refractivity contribution in [2.75, 3.05) is 19.6 Å². The topological polar surface area (TPSA) is 258 Å². The number of ketones is 3. The number of nitrogens with zero attached hydrogens (tertiary/aromatic N) is 4. The number of hydrogen-bond donors (Lipinski definition) is 7. The van der Waals surface area contributed by atoms with E-state index in [0.29, 0.717) is 90.6 Å². The molecule has 18 heteroatoms. The molecule has 0 saturated carbocycles. The molecule has 0 bridgehead atoms. The third-order valence-electron chi connectivity index (χ3n) is 11.5. The molecular weight excluding hydrogens is 981 g/mol. The molecule has 4 aromatic heterocycles. The van der Waals surface area contributed by atoms with E-state index in [1.807, 2.05) is 116 Å². The highest BCUT2D eigenvalue weighted by atomic mass is 32.1. The van der Waals surface area contributed by atoms with Gasteiger partial charge in [-0.2, -0.15) is 15.3 Å². The van der Waals surface area contributed by atoms with E-state index in [2.05, 4.69) is 51.5 Å². The van der Waals surface area contributed by atoms with Gasteiger partial charge in [0, 0.05) is 72.7 Å². The molecule has 5 aromatic carbocycles. The molecule has 0 aliphatic rings. The average molecular weight is 1040 g/mol. The molecule has 7 N–H and O–H groups in total. The third kappa shape index (κ3) is 16.3. The zero-order valence-corrected chi connectivity index (χ0v) is 42.4. The lowest BCUT2D eigenvalue weighted by atomic mass is 10.0. The van der Waals surface area contributed by atoms with Crippen molar-refractivity contribution in [1.29, 1.82) is 0 Å². The Labute approximate surface area is 442 Å². The van der Waals surface area contributed by atoms with E-state index in [0.717, 1.165) is 33.6 Å². The van der Waals surface area contributed by atoms with Crippen LogP contribution < -0.4 is 16.0 Å². The zero-order valence-electron chi connectivity index (χ0n) is 41.6. The van der Waals surface area contributed by atoms with E-state index < -0.39 is 0 Å². The Morgan fingerprint density at radius 1 is 0.487 bits per heavy atom. The van der Waals surface area contributed by atoms with Crippen molar-refractivity contribution >= 4 is 46.4 Å². The second kappa shape index (κ2) is 28.1. The van der Waals surface area contributed by atoms with Gasteiger partial charge in [0.05, 0.1) is 22.6 Å². The van der Waals surface area contributed by atoms with Crippen molar-refractivity contribution in [3.63, 3.8) is 0 Å². The van der Waals surface area contributed by atoms with Crippen molar-refractivity contribution in [2.45, 2.75) is 45.4 Å². The van der Waals surface area contributed by atoms with Crippen LogP contribution in [0, 0.1) is 6.92 Å². The Morgan fingerprint density at radius 2 is 0.882 bits per heavy atom. The van der Waals surface area contributed by atoms with Gasteiger partial charge in [0.1, 0.15) is 22.8 Å². The quantitative estimate of drug-likeness (QED) is 0.0263. The lowest BCUT2D eigenvalue weighted by molar-refractivity contribution is 0.0932. The average Bonchev–Trinajstić information content (AvgIpc) is 4.33. The number of benzene rings is 5. The molecule has 4 heterocycles. The van der Waals surface area contributed by atoms with Crippen LogP contribution in [0.1, 0.15) is 106 Å². The number of rotatable bonds is 21. The number of carbonyl (C=O) groups is 6. The number of aromatic amines is 3. The van der Waals surface area contributed by atoms with Gasteiger partial charge in [-0.15, -0.1) is 11.3 Å². The summed E-state index contributed by atoms with van der Waals surface area (Å²) in [6.45, 7) is 3.09. The van der Waals surface area contributed by atoms with E-state index in [1.54, 1.807) is 54.0 Å². The first kappa shape index (κ1) is 54.4. The second-order valence-corrected chi connectivity index (χ2v) is 18.1. The van der Waals surface area contributed by atoms with Gasteiger partial charge in [-0.25, -0.2) is 4.98 Å². The SMILES string of the molecule is Cc1ccc(O)c(C(=O)CCCNC(=O)c2cc(-c3ccccc3)n[nH]2)c1.O=C(CCCNC(=O)c1cc(-c2ccccc2)n[nH]1)c1ccccc1.O=C(NCCCC(=O)c1nccs1)c1cc(-c2ccccc2)n[nH]1. The number of carbonyl (C=O) groups excluding carboxylic acids is 6. The van der Waals surface area contributed by atoms with Crippen LogP contribution in [0.4, 0.5) is 0 Å². The van der Waals surface area contributed by atoms with Crippen molar-refractivity contribution < 1.29 is 33.9 Å². The standard InChI is InChI=1S/C21H21N3O3.C20H19N3O2.C17H16N4O2S/c1-14-9-10-20(26)16(12-14)19(25)8-5-11-22-21(27)18-13-17(23-24-18)15-6-3-2-4-7-15;24-19(16-10-5-2-6-11-16)12-7-13-21-20(25)18-14-17(22-23-18)15-8-3-1-4-9-15;22-15(17-19-9-10-24-17)7-4-8-18-16(23)14-11-13(20-21-14)12-5-2-1-3-6-12/h2-4,6-7,9-10,12-13,26H,5,8,11H2,1H3,(H,22,27)(H,23,24);1-6,8-11,14H,7,12-13H2,(H,21,25)(H,22,23);1-3,5-6,9-11H,4,7-8H2,(H,18,23)(H,20,21). The van der Waals surface area contributed by atoms with Crippen LogP contribution in [0.3, 0.4) is 0 Å². The molecule has 9 aromatic rings. The summed E-state index contributed by atoms with van der Waals surface area (Å²) in [5.74, 6) is -0.780. The van der Waals surface area contributed by atoms with Gasteiger partial charge in [0.15, 0.2) is 22.4 Å². The predicted octanol–water partition coefficient (Wildman–Crippen LogP) is 9.88. The third-order valence-corrected chi connectivity index (χ3v) is 12.3. The summed E-state index contributed by atoms with van der Waals surface area (Å²) in [6.07, 6.45) is 4.28. The fourth-order valence-corrected chi connectivity index (χ4v) is 8.07. The molecule has 386 valence electrons. The first-order chi connectivity index (χ1) is 37.0. The van der Waals surface area contributed by atoms with Crippen LogP contribution in [-0.2, 0) is 0 Å². The minimum atomic E-state index is -0.268. The van der Waals surface area contributed by atoms with Crippen LogP contribution in [0.15, 0.2) is 169 Å². The number of aryl methyl sites for hydroxylation is 1. The van der Waals surface area contributed by atoms with E-state index >= 15 is 0 Å². The smallest absolute Gasteiger partial charge is 0.269 e. The fraction of sp³-hybridized carbons (Fsp3) is 0.172. The summed E-state index contributed by atoms with van der Waals surface area (Å²) in [5.41, 5.74) is 8.10. The first-order valence-corrected chi connectivity index (χ1v) is 25.4. The van der Waals surface area contributed by atoms with Gasteiger partial charge in [-0.3, -0.25) is 44.1 Å². The molecule has 9 rings (SSSR count). The number of H-pyrrole nitrogens is 3. The highest BCUT2D eigenvalue weighted by Gasteiger charge is 2.16. The number of phenolic OH excluding ortho intramolecular Hbond substituents is 1. The number of nitrogens with one attached hydrogen (secondary N) is 6. The Bertz CT molecular complexity index is 3300. The molecule has 0 atom stereocenters. The van der Waals surface area contributed by atoms with E-state index in [4.69, 9.17) is 0 Å². The van der Waals surface area contributed by atoms with Gasteiger partial charge in [0.2, 0.25) is 0 Å². The summed E-state index contributed by atoms with van der Waals surface area (Å²) in [5, 5.41) is 41.1. The van der Waals surface area contributed by atoms with Crippen molar-refractivity contribution in [2.24, 2.45) is 0 Å². The largest absolute Gasteiger partial charge is 0.507 e. The number of thiazole rings is 1. The Kier molecular flexibility index (Phi) is 20.1. The normalized spacial score (nSPS) is 10.5. The van der Waals surface area contributed by atoms with Crippen LogP contribution in [-0.4, -0.2) is 95.4 Å². The molecule has 0 saturated heterocycles. The molecule has 0 aliphatic heterocycles. The van der Waals surface area contributed by atoms with Crippen LogP contribution >= 0.6 is 11.3 Å². The zero-order chi connectivity index (χ0) is 53.5. The maximum absolute atomic E-state index is 12.2. The van der Waals surface area contributed by atoms with Gasteiger partial charge >= 0.3 is 0 Å². The molecule has 0 aliphatic carbocycles. The molecule has 76 heavy (non-hydrogen) atoms. The predicted molar refractivity (Wildman–Crippen MR) is 291 cm³/mol. The van der Waals surface area contributed by atoms with Gasteiger partial charge in [-0.05, 0) is 56.5 Å². The number of aromatic nitrogens is 7. The Balaban J connectivity index is 0.000000166. The number of Topliss-reactive ketones (excluding diaryl/α,β-unsaturated/α-hetero) is 3. The number of aromatic hydroxyl groups is 1. The van der Waals surface area contributed by atoms with E-state index in [1.165, 1.54) is 17.4 Å². The summed E-state index contributed by atoms with van der Waals surface area (Å²) in [6, 6.07) is 48.1. The minimum absolute atomic E-state index is 0.00662. The van der Waals surface area contributed by atoms with Crippen LogP contribution in [0.2, 0.25) is 0 Å². The monoisotopic (exact) mass is 1040 g/mol. The molecular formula is C58H56N10O7S. The van der Waals surface area contributed by atoms with Crippen molar-refractivity contribution in [3.05, 3.63) is 208 Å². The number of amides is 3. The number of hydrogen-bond acceptors (Lipinski definition) is 12. The van der Waals surface area contributed by atoms with Gasteiger partial charge < -0.3 is 21.1 Å². The molecule has 0 fully saturated rings. The van der Waals surface area contributed by atoms with Crippen LogP contribution in [0.25, 0.3) is 33.8 Å². The van der Waals surface area contributed by atoms with Crippen molar-refractivity contribution in [1.82, 2.24) is 51.5 Å². The fourth-order valence-electron chi connectivity index (χ4n) is 7.47. The lowest BCUT2D eigenvalue weighted by Gasteiger charge is -2.06. The van der Waals surface area contributed by atoms with E-state index in [9.17, 15) is 33.9 Å². The lowest BCUT2D eigenvalue weighted by Crippen LogP contribution is -2.25. The highest BCUT2D eigenvalue weighted by Crippen LogP contribution is 2.22. The molecule has 0 spiro atoms. The summed E-state index contributed by atoms with van der Waals surface area (Å²) in [7, 11) is 0. The maximum atomic E-state index is 12.2. The molecule has 17 nitrogen and oxygen atoms in total. The summed E-state index contributed by atoms with van der Waals surface area (Å²) >= 11 is 1.33. The minimum Gasteiger partial charge on any atom is -0.507 e. The Hall–Kier alpha value is -9.42. The molecule has 0 unspecified atom stereocenters. The number of phenols is 1. The van der Waals surface area contributed by atoms with Crippen molar-refractivity contribution in [3.8, 4) is 39.5 Å². The molecule has 3 amide bonds. The summed E-state index contributed by atoms with van der Waals surface area (Å²) in [4.78, 5) is 76.4. The van der Waals surface area contributed by atoms with Crippen LogP contribution in [0.5, 0.6) is 5.75 Å². The maximum Gasteiger partial charge on any atom is 0.269 e. The summed E-state index contributed by atoms with van der Waals surface area (Å²) < 4.78 is 0. The second-order valence-electron chi connectivity index (χ2n) is 17.2. The molecule has 0 radical (unpaired) electrons. The Morgan fingerprint density at radius 3 is 1.29 bits per heavy atom. The highest BCUT2D eigenvalue weighted by molar-refractivity contribution is 7.11. The van der Waals surface area contributed by atoms with Gasteiger partial charge in [0.25, 0.3) is 17.7 Å². The van der Waals surface area contributed by atoms with E-state index in [-0.39, 0.29) is 47.2 Å². The first-order valence-electron chi connectivity index (χ1n) is 24.5. The van der Waals surface area contributed by atoms with Gasteiger partial charge in [-0.1, -0.05) is 133 Å².